The van der Waals surface area contributed by atoms with Gasteiger partial charge in [-0.2, -0.15) is 10.1 Å². The first kappa shape index (κ1) is 23.0. The summed E-state index contributed by atoms with van der Waals surface area (Å²) in [5.41, 5.74) is 9.17. The van der Waals surface area contributed by atoms with Crippen molar-refractivity contribution >= 4 is 23.9 Å². The number of allylic oxidation sites excluding steroid dienone is 1. The van der Waals surface area contributed by atoms with Gasteiger partial charge < -0.3 is 15.5 Å². The standard InChI is InChI=1S/C23H25F2N7.ClH/c1-15-16(13-28-32(15)23-27-7-6-22(26)29-23)3-2-8-30-9-10-31-18(14-30)4-5-19-20(25)11-17(24)12-21(19)31;/h2,6-8,11-13,18H,3-5,9-10,14H2,1H3,(H2,26,27,29);1H/b8-2+;. The number of rotatable bonds is 4. The van der Waals surface area contributed by atoms with E-state index in [0.717, 1.165) is 49.8 Å². The molecule has 174 valence electrons. The topological polar surface area (TPSA) is 76.1 Å². The van der Waals surface area contributed by atoms with E-state index >= 15 is 0 Å². The van der Waals surface area contributed by atoms with Gasteiger partial charge in [-0.1, -0.05) is 6.08 Å². The van der Waals surface area contributed by atoms with Crippen LogP contribution in [0.3, 0.4) is 0 Å². The number of halogens is 3. The Labute approximate surface area is 197 Å². The summed E-state index contributed by atoms with van der Waals surface area (Å²) >= 11 is 0. The minimum absolute atomic E-state index is 0. The maximum absolute atomic E-state index is 14.1. The molecular weight excluding hydrogens is 448 g/mol. The van der Waals surface area contributed by atoms with Gasteiger partial charge in [-0.25, -0.2) is 18.4 Å². The third-order valence-electron chi connectivity index (χ3n) is 6.31. The van der Waals surface area contributed by atoms with Crippen molar-refractivity contribution in [2.75, 3.05) is 30.3 Å². The summed E-state index contributed by atoms with van der Waals surface area (Å²) in [5.74, 6) is -0.0791. The number of benzene rings is 1. The van der Waals surface area contributed by atoms with Crippen LogP contribution in [0.5, 0.6) is 0 Å². The molecule has 0 amide bonds. The van der Waals surface area contributed by atoms with Gasteiger partial charge in [0.1, 0.15) is 17.5 Å². The average molecular weight is 474 g/mol. The zero-order chi connectivity index (χ0) is 22.2. The molecule has 10 heteroatoms. The second-order valence-electron chi connectivity index (χ2n) is 8.30. The van der Waals surface area contributed by atoms with Crippen molar-refractivity contribution in [3.8, 4) is 5.95 Å². The molecule has 0 aliphatic carbocycles. The first-order valence-electron chi connectivity index (χ1n) is 10.8. The largest absolute Gasteiger partial charge is 0.384 e. The molecule has 0 bridgehead atoms. The molecule has 5 rings (SSSR count). The van der Waals surface area contributed by atoms with Gasteiger partial charge in [-0.15, -0.1) is 12.4 Å². The van der Waals surface area contributed by atoms with Crippen LogP contribution in [0.1, 0.15) is 23.2 Å². The van der Waals surface area contributed by atoms with Crippen molar-refractivity contribution in [2.24, 2.45) is 0 Å². The predicted octanol–water partition coefficient (Wildman–Crippen LogP) is 3.45. The zero-order valence-corrected chi connectivity index (χ0v) is 19.1. The number of anilines is 2. The lowest BCUT2D eigenvalue weighted by Crippen LogP contribution is -2.53. The number of piperazine rings is 1. The van der Waals surface area contributed by atoms with E-state index in [1.54, 1.807) is 16.9 Å². The molecule has 2 aliphatic rings. The van der Waals surface area contributed by atoms with Gasteiger partial charge >= 0.3 is 0 Å². The van der Waals surface area contributed by atoms with E-state index in [2.05, 4.69) is 37.1 Å². The fourth-order valence-electron chi connectivity index (χ4n) is 4.62. The second-order valence-corrected chi connectivity index (χ2v) is 8.30. The van der Waals surface area contributed by atoms with Crippen molar-refractivity contribution < 1.29 is 8.78 Å². The summed E-state index contributed by atoms with van der Waals surface area (Å²) in [6, 6.07) is 4.36. The Morgan fingerprint density at radius 1 is 1.24 bits per heavy atom. The van der Waals surface area contributed by atoms with Crippen molar-refractivity contribution in [3.63, 3.8) is 0 Å². The van der Waals surface area contributed by atoms with Crippen LogP contribution in [0.15, 0.2) is 42.9 Å². The highest BCUT2D eigenvalue weighted by molar-refractivity contribution is 5.85. The van der Waals surface area contributed by atoms with E-state index < -0.39 is 11.6 Å². The molecule has 0 spiro atoms. The fourth-order valence-corrected chi connectivity index (χ4v) is 4.62. The van der Waals surface area contributed by atoms with E-state index in [1.807, 2.05) is 13.1 Å². The van der Waals surface area contributed by atoms with Crippen LogP contribution in [0.4, 0.5) is 20.3 Å². The van der Waals surface area contributed by atoms with Crippen LogP contribution in [0.2, 0.25) is 0 Å². The highest BCUT2D eigenvalue weighted by atomic mass is 35.5. The first-order valence-corrected chi connectivity index (χ1v) is 10.8. The molecule has 7 nitrogen and oxygen atoms in total. The smallest absolute Gasteiger partial charge is 0.252 e. The third kappa shape index (κ3) is 4.50. The highest BCUT2D eigenvalue weighted by Crippen LogP contribution is 2.35. The second kappa shape index (κ2) is 9.35. The minimum atomic E-state index is -0.510. The summed E-state index contributed by atoms with van der Waals surface area (Å²) in [6.45, 7) is 4.37. The Bertz CT molecular complexity index is 1180. The number of nitrogens with zero attached hydrogens (tertiary/aromatic N) is 6. The average Bonchev–Trinajstić information content (AvgIpc) is 3.13. The molecule has 2 aliphatic heterocycles. The van der Waals surface area contributed by atoms with Crippen LogP contribution in [0.25, 0.3) is 5.95 Å². The Balaban J connectivity index is 0.00000259. The first-order chi connectivity index (χ1) is 15.5. The van der Waals surface area contributed by atoms with Gasteiger partial charge in [0, 0.05) is 54.9 Å². The van der Waals surface area contributed by atoms with E-state index in [1.165, 1.54) is 6.07 Å². The van der Waals surface area contributed by atoms with Gasteiger partial charge in [-0.05, 0) is 50.1 Å². The molecule has 2 aromatic heterocycles. The van der Waals surface area contributed by atoms with Crippen molar-refractivity contribution in [1.82, 2.24) is 24.6 Å². The highest BCUT2D eigenvalue weighted by Gasteiger charge is 2.32. The normalized spacial score (nSPS) is 17.6. The lowest BCUT2D eigenvalue weighted by molar-refractivity contribution is 0.281. The third-order valence-corrected chi connectivity index (χ3v) is 6.31. The molecule has 3 aromatic rings. The molecule has 1 fully saturated rings. The van der Waals surface area contributed by atoms with Crippen LogP contribution >= 0.6 is 12.4 Å². The van der Waals surface area contributed by atoms with Gasteiger partial charge in [0.15, 0.2) is 0 Å². The van der Waals surface area contributed by atoms with Gasteiger partial charge in [0.25, 0.3) is 5.95 Å². The zero-order valence-electron chi connectivity index (χ0n) is 18.3. The molecular formula is C23H26ClF2N7. The summed E-state index contributed by atoms with van der Waals surface area (Å²) in [6.07, 6.45) is 9.93. The van der Waals surface area contributed by atoms with Crippen LogP contribution in [-0.4, -0.2) is 50.3 Å². The summed E-state index contributed by atoms with van der Waals surface area (Å²) < 4.78 is 29.6. The molecule has 1 atom stereocenters. The summed E-state index contributed by atoms with van der Waals surface area (Å²) in [5, 5.41) is 4.40. The maximum atomic E-state index is 14.1. The lowest BCUT2D eigenvalue weighted by atomic mass is 9.93. The van der Waals surface area contributed by atoms with Crippen LogP contribution in [0, 0.1) is 18.6 Å². The Hall–Kier alpha value is -3.20. The van der Waals surface area contributed by atoms with Gasteiger partial charge in [0.05, 0.1) is 6.20 Å². The predicted molar refractivity (Wildman–Crippen MR) is 126 cm³/mol. The van der Waals surface area contributed by atoms with Crippen molar-refractivity contribution in [2.45, 2.75) is 32.2 Å². The van der Waals surface area contributed by atoms with Crippen molar-refractivity contribution in [1.29, 1.82) is 0 Å². The molecule has 4 heterocycles. The summed E-state index contributed by atoms with van der Waals surface area (Å²) in [7, 11) is 0. The Morgan fingerprint density at radius 2 is 2.09 bits per heavy atom. The maximum Gasteiger partial charge on any atom is 0.252 e. The monoisotopic (exact) mass is 473 g/mol. The molecule has 2 N–H and O–H groups in total. The van der Waals surface area contributed by atoms with E-state index in [0.29, 0.717) is 29.4 Å². The molecule has 1 aromatic carbocycles. The molecule has 1 unspecified atom stereocenters. The number of aromatic nitrogens is 4. The SMILES string of the molecule is Cc1c(C/C=C/N2CCN3c4cc(F)cc(F)c4CCC3C2)cnn1-c1nccc(N)n1.Cl. The van der Waals surface area contributed by atoms with E-state index in [9.17, 15) is 8.78 Å². The van der Waals surface area contributed by atoms with E-state index in [-0.39, 0.29) is 18.4 Å². The minimum Gasteiger partial charge on any atom is -0.384 e. The number of nitrogen functional groups attached to an aromatic ring is 1. The van der Waals surface area contributed by atoms with Crippen molar-refractivity contribution in [3.05, 3.63) is 71.3 Å². The number of nitrogens with two attached hydrogens (primary N) is 1. The Morgan fingerprint density at radius 3 is 2.91 bits per heavy atom. The summed E-state index contributed by atoms with van der Waals surface area (Å²) in [4.78, 5) is 12.9. The van der Waals surface area contributed by atoms with Crippen LogP contribution in [-0.2, 0) is 12.8 Å². The molecule has 33 heavy (non-hydrogen) atoms. The molecule has 0 radical (unpaired) electrons. The molecule has 0 saturated carbocycles. The van der Waals surface area contributed by atoms with Gasteiger partial charge in [-0.3, -0.25) is 0 Å². The number of fused-ring (bicyclic) bond motifs is 3. The lowest BCUT2D eigenvalue weighted by Gasteiger charge is -2.46. The van der Waals surface area contributed by atoms with Crippen LogP contribution < -0.4 is 10.6 Å². The quantitative estimate of drug-likeness (QED) is 0.625. The Kier molecular flexibility index (Phi) is 6.51. The van der Waals surface area contributed by atoms with Gasteiger partial charge in [0.2, 0.25) is 0 Å². The number of hydrogen-bond acceptors (Lipinski definition) is 6. The fraction of sp³-hybridized carbons (Fsp3) is 0.348. The number of hydrogen-bond donors (Lipinski definition) is 1. The molecule has 1 saturated heterocycles. The van der Waals surface area contributed by atoms with E-state index in [4.69, 9.17) is 5.73 Å².